The van der Waals surface area contributed by atoms with Crippen LogP contribution in [0.4, 0.5) is 0 Å². The molecule has 1 nitrogen and oxygen atoms in total. The average molecular weight is 553 g/mol. The Hall–Kier alpha value is -2.90. The van der Waals surface area contributed by atoms with E-state index < -0.39 is 0 Å². The zero-order valence-corrected chi connectivity index (χ0v) is 27.6. The van der Waals surface area contributed by atoms with Crippen molar-refractivity contribution in [1.29, 1.82) is 0 Å². The Morgan fingerprint density at radius 3 is 1.54 bits per heavy atom. The third-order valence-corrected chi connectivity index (χ3v) is 8.31. The second-order valence-electron chi connectivity index (χ2n) is 13.5. The van der Waals surface area contributed by atoms with Gasteiger partial charge in [-0.05, 0) is 95.6 Å². The molecule has 0 saturated carbocycles. The van der Waals surface area contributed by atoms with E-state index in [2.05, 4.69) is 154 Å². The maximum Gasteiger partial charge on any atom is 0.0585 e. The summed E-state index contributed by atoms with van der Waals surface area (Å²) in [7, 11) is 0. The van der Waals surface area contributed by atoms with Crippen LogP contribution in [0.25, 0.3) is 0 Å². The summed E-state index contributed by atoms with van der Waals surface area (Å²) in [6, 6.07) is 0. The van der Waals surface area contributed by atoms with Crippen LogP contribution in [-0.2, 0) is 0 Å². The summed E-state index contributed by atoms with van der Waals surface area (Å²) >= 11 is 0. The standard InChI is InChI=1S/C40H56O/c1-30(18-13-20-32(3)23-25-37-34(5)22-15-27-39(37,7)8)16-11-12-17-31(2)19-14-21-33(4)24-26-38-35(6)28-36(41)29-40(38,9)10/h11-14,16-21,23-26,36,41H,15,22,27-29H2,1-10H3. The number of hydrogen-bond donors (Lipinski definition) is 1. The summed E-state index contributed by atoms with van der Waals surface area (Å²) in [5, 5.41) is 10.1. The molecule has 0 heterocycles. The van der Waals surface area contributed by atoms with Gasteiger partial charge in [0.15, 0.2) is 0 Å². The van der Waals surface area contributed by atoms with Crippen molar-refractivity contribution in [3.8, 4) is 0 Å². The maximum atomic E-state index is 10.1. The first-order valence-electron chi connectivity index (χ1n) is 15.4. The molecule has 1 heteroatoms. The zero-order valence-electron chi connectivity index (χ0n) is 27.6. The van der Waals surface area contributed by atoms with Gasteiger partial charge in [-0.3, -0.25) is 0 Å². The largest absolute Gasteiger partial charge is 0.393 e. The fourth-order valence-electron chi connectivity index (χ4n) is 5.96. The lowest BCUT2D eigenvalue weighted by Crippen LogP contribution is -2.28. The lowest BCUT2D eigenvalue weighted by Gasteiger charge is -2.35. The highest BCUT2D eigenvalue weighted by Crippen LogP contribution is 2.42. The van der Waals surface area contributed by atoms with E-state index in [0.29, 0.717) is 0 Å². The molecule has 2 aliphatic carbocycles. The molecule has 0 radical (unpaired) electrons. The minimum absolute atomic E-state index is 0.0128. The molecule has 0 aliphatic heterocycles. The first-order chi connectivity index (χ1) is 19.2. The van der Waals surface area contributed by atoms with E-state index in [1.165, 1.54) is 58.3 Å². The van der Waals surface area contributed by atoms with Gasteiger partial charge in [0.2, 0.25) is 0 Å². The minimum atomic E-state index is -0.220. The van der Waals surface area contributed by atoms with Crippen LogP contribution in [0.1, 0.15) is 101 Å². The Labute approximate surface area is 252 Å². The first-order valence-corrected chi connectivity index (χ1v) is 15.4. The molecule has 2 rings (SSSR count). The van der Waals surface area contributed by atoms with Crippen molar-refractivity contribution < 1.29 is 5.11 Å². The number of hydrogen-bond acceptors (Lipinski definition) is 1. The maximum absolute atomic E-state index is 10.1. The van der Waals surface area contributed by atoms with Gasteiger partial charge in [0.25, 0.3) is 0 Å². The van der Waals surface area contributed by atoms with E-state index in [0.717, 1.165) is 12.8 Å². The lowest BCUT2D eigenvalue weighted by molar-refractivity contribution is 0.116. The van der Waals surface area contributed by atoms with Crippen molar-refractivity contribution in [3.63, 3.8) is 0 Å². The van der Waals surface area contributed by atoms with E-state index in [1.54, 1.807) is 5.57 Å². The molecule has 0 aromatic carbocycles. The molecule has 0 aromatic heterocycles. The van der Waals surface area contributed by atoms with Gasteiger partial charge in [0, 0.05) is 0 Å². The van der Waals surface area contributed by atoms with Gasteiger partial charge in [-0.1, -0.05) is 146 Å². The molecule has 0 spiro atoms. The summed E-state index contributed by atoms with van der Waals surface area (Å²) in [6.45, 7) is 22.2. The van der Waals surface area contributed by atoms with Crippen molar-refractivity contribution in [1.82, 2.24) is 0 Å². The number of aliphatic hydroxyl groups excluding tert-OH is 1. The van der Waals surface area contributed by atoms with Crippen LogP contribution in [0.15, 0.2) is 130 Å². The van der Waals surface area contributed by atoms with Crippen molar-refractivity contribution in [2.45, 2.75) is 107 Å². The molecule has 0 amide bonds. The number of allylic oxidation sites excluding steroid dienone is 21. The van der Waals surface area contributed by atoms with Crippen LogP contribution in [0.5, 0.6) is 0 Å². The second-order valence-corrected chi connectivity index (χ2v) is 13.5. The van der Waals surface area contributed by atoms with E-state index >= 15 is 0 Å². The molecule has 222 valence electrons. The number of aliphatic hydroxyl groups is 1. The third-order valence-electron chi connectivity index (χ3n) is 8.31. The molecule has 1 unspecified atom stereocenters. The SMILES string of the molecule is CC(C=CC=C(C)C=CC1=C(C)CCCC1(C)C)=CC=CC=C(C)C=CC=C(C)C=CC1=C(C)CC(O)CC1(C)C. The van der Waals surface area contributed by atoms with Crippen LogP contribution in [0.3, 0.4) is 0 Å². The summed E-state index contributed by atoms with van der Waals surface area (Å²) in [5.41, 5.74) is 10.9. The fourth-order valence-corrected chi connectivity index (χ4v) is 5.96. The second kappa shape index (κ2) is 15.9. The molecule has 0 fully saturated rings. The predicted octanol–water partition coefficient (Wildman–Crippen LogP) is 11.6. The highest BCUT2D eigenvalue weighted by atomic mass is 16.3. The van der Waals surface area contributed by atoms with Crippen LogP contribution in [0.2, 0.25) is 0 Å². The molecular formula is C40H56O. The monoisotopic (exact) mass is 552 g/mol. The van der Waals surface area contributed by atoms with Gasteiger partial charge < -0.3 is 5.11 Å². The van der Waals surface area contributed by atoms with Crippen molar-refractivity contribution in [3.05, 3.63) is 130 Å². The van der Waals surface area contributed by atoms with Crippen LogP contribution < -0.4 is 0 Å². The van der Waals surface area contributed by atoms with Crippen molar-refractivity contribution in [2.24, 2.45) is 10.8 Å². The molecule has 1 atom stereocenters. The molecule has 0 bridgehead atoms. The average Bonchev–Trinajstić information content (AvgIpc) is 2.84. The number of rotatable bonds is 10. The molecular weight excluding hydrogens is 496 g/mol. The van der Waals surface area contributed by atoms with Gasteiger partial charge in [-0.25, -0.2) is 0 Å². The highest BCUT2D eigenvalue weighted by Gasteiger charge is 2.31. The van der Waals surface area contributed by atoms with Gasteiger partial charge in [0.1, 0.15) is 0 Å². The van der Waals surface area contributed by atoms with Crippen LogP contribution in [0, 0.1) is 10.8 Å². The minimum Gasteiger partial charge on any atom is -0.393 e. The van der Waals surface area contributed by atoms with E-state index in [1.807, 2.05) is 0 Å². The molecule has 1 N–H and O–H groups in total. The van der Waals surface area contributed by atoms with E-state index in [-0.39, 0.29) is 16.9 Å². The van der Waals surface area contributed by atoms with E-state index in [4.69, 9.17) is 0 Å². The quantitative estimate of drug-likeness (QED) is 0.267. The molecule has 2 aliphatic rings. The Balaban J connectivity index is 1.90. The van der Waals surface area contributed by atoms with Crippen molar-refractivity contribution in [2.75, 3.05) is 0 Å². The van der Waals surface area contributed by atoms with Crippen LogP contribution in [-0.4, -0.2) is 11.2 Å². The Kier molecular flexibility index (Phi) is 13.3. The van der Waals surface area contributed by atoms with Gasteiger partial charge in [-0.15, -0.1) is 0 Å². The highest BCUT2D eigenvalue weighted by molar-refractivity contribution is 5.39. The summed E-state index contributed by atoms with van der Waals surface area (Å²) in [6.07, 6.45) is 35.5. The fraction of sp³-hybridized carbons (Fsp3) is 0.450. The Morgan fingerprint density at radius 2 is 1.07 bits per heavy atom. The van der Waals surface area contributed by atoms with Gasteiger partial charge in [-0.2, -0.15) is 0 Å². The van der Waals surface area contributed by atoms with Crippen molar-refractivity contribution >= 4 is 0 Å². The third kappa shape index (κ3) is 11.9. The molecule has 0 saturated heterocycles. The van der Waals surface area contributed by atoms with Crippen LogP contribution >= 0.6 is 0 Å². The summed E-state index contributed by atoms with van der Waals surface area (Å²) in [4.78, 5) is 0. The smallest absolute Gasteiger partial charge is 0.0585 e. The molecule has 41 heavy (non-hydrogen) atoms. The Bertz CT molecular complexity index is 1250. The topological polar surface area (TPSA) is 20.2 Å². The normalized spacial score (nSPS) is 23.5. The summed E-state index contributed by atoms with van der Waals surface area (Å²) in [5.74, 6) is 0. The molecule has 0 aromatic rings. The van der Waals surface area contributed by atoms with Gasteiger partial charge >= 0.3 is 0 Å². The van der Waals surface area contributed by atoms with Gasteiger partial charge in [0.05, 0.1) is 6.10 Å². The predicted molar refractivity (Wildman–Crippen MR) is 183 cm³/mol. The lowest BCUT2D eigenvalue weighted by atomic mass is 9.71. The summed E-state index contributed by atoms with van der Waals surface area (Å²) < 4.78 is 0. The first kappa shape index (κ1) is 34.3. The van der Waals surface area contributed by atoms with E-state index in [9.17, 15) is 5.11 Å². The zero-order chi connectivity index (χ0) is 30.6. The Morgan fingerprint density at radius 1 is 0.634 bits per heavy atom.